The molecule has 0 aliphatic carbocycles. The number of aliphatic hydroxyl groups excluding tert-OH is 1. The first-order valence-electron chi connectivity index (χ1n) is 46.6. The van der Waals surface area contributed by atoms with E-state index in [1.54, 1.807) is 46.6 Å². The number of likely N-dealkylation sites (tertiary alicyclic amines) is 5. The number of halogens is 1. The van der Waals surface area contributed by atoms with Crippen LogP contribution in [0.15, 0.2) is 72.6 Å². The second-order valence-corrected chi connectivity index (χ2v) is 41.4. The number of aromatic nitrogens is 11. The van der Waals surface area contributed by atoms with Crippen molar-refractivity contribution in [2.45, 2.75) is 232 Å². The number of likely N-dealkylation sites (N-methyl/N-ethyl adjacent to an activating group) is 1. The van der Waals surface area contributed by atoms with E-state index in [0.29, 0.717) is 69.0 Å². The number of carbonyl (C=O) groups excluding carboxylic acids is 4. The molecule has 9 aliphatic heterocycles. The summed E-state index contributed by atoms with van der Waals surface area (Å²) in [6.45, 7) is 46.9. The Morgan fingerprint density at radius 3 is 1.30 bits per heavy atom. The monoisotopic (exact) mass is 1860 g/mol. The van der Waals surface area contributed by atoms with E-state index < -0.39 is 31.5 Å². The molecule has 0 atom stereocenters. The molecule has 9 fully saturated rings. The van der Waals surface area contributed by atoms with Crippen LogP contribution in [0.4, 0.5) is 4.39 Å². The summed E-state index contributed by atoms with van der Waals surface area (Å²) < 4.78 is 80.8. The number of nitrogens with zero attached hydrogens (tertiary/aromatic N) is 17. The van der Waals surface area contributed by atoms with Gasteiger partial charge in [0.2, 0.25) is 27.7 Å². The number of piperidine rings is 6. The fourth-order valence-corrected chi connectivity index (χ4v) is 16.5. The SMILES string of the molecule is CC(=O)N1CCC(C)CC1.CC1(F)CCOCC1.CC1CCN(C(=O)CN(C)C)CC1.CC1CCN(C(=O)CO)CC1.CC1CCN(C(=O)c2ncco2)CC1.CC1CCN(CC(=O)O)CC1.CC1CCN(S(C)(=O)=O)CC1.CC1CCOCC1.CC1CCS(=O)(=O)CC1.Cc1ccn(C)n1.Cc1ccn[nH]1.Cc1cn(C)c(C)n1.Cc1cn(C)cn1.Cc1cncn1C. The van der Waals surface area contributed by atoms with Crippen LogP contribution in [0.2, 0.25) is 0 Å². The molecule has 738 valence electrons. The Morgan fingerprint density at radius 2 is 1.03 bits per heavy atom. The predicted octanol–water partition coefficient (Wildman–Crippen LogP) is 13.1. The van der Waals surface area contributed by atoms with Crippen LogP contribution in [-0.4, -0.2) is 306 Å². The molecule has 0 unspecified atom stereocenters. The van der Waals surface area contributed by atoms with Gasteiger partial charge in [0, 0.05) is 182 Å². The van der Waals surface area contributed by atoms with Crippen molar-refractivity contribution in [2.24, 2.45) is 75.5 Å². The van der Waals surface area contributed by atoms with Gasteiger partial charge in [0.1, 0.15) is 34.2 Å². The van der Waals surface area contributed by atoms with Crippen LogP contribution in [-0.2, 0) is 76.7 Å². The first-order chi connectivity index (χ1) is 60.7. The lowest BCUT2D eigenvalue weighted by atomic mass is 9.99. The van der Waals surface area contributed by atoms with Crippen LogP contribution in [0.1, 0.15) is 230 Å². The summed E-state index contributed by atoms with van der Waals surface area (Å²) in [5.41, 5.74) is 4.59. The van der Waals surface area contributed by atoms with Crippen molar-refractivity contribution < 1.29 is 69.3 Å². The number of aromatic amines is 1. The van der Waals surface area contributed by atoms with Crippen LogP contribution in [0.3, 0.4) is 0 Å². The zero-order chi connectivity index (χ0) is 96.8. The van der Waals surface area contributed by atoms with Crippen LogP contribution in [0.25, 0.3) is 0 Å². The minimum atomic E-state index is -2.92. The van der Waals surface area contributed by atoms with Gasteiger partial charge in [-0.1, -0.05) is 55.4 Å². The number of hydrogen-bond acceptors (Lipinski definition) is 21. The first kappa shape index (κ1) is 117. The second kappa shape index (κ2) is 64.1. The Morgan fingerprint density at radius 1 is 0.574 bits per heavy atom. The van der Waals surface area contributed by atoms with Gasteiger partial charge in [0.25, 0.3) is 5.89 Å². The van der Waals surface area contributed by atoms with E-state index in [9.17, 15) is 45.2 Å². The molecule has 0 saturated carbocycles. The number of H-pyrrole nitrogens is 1. The average Bonchev–Trinajstić information content (AvgIpc) is 1.83. The first-order valence-corrected chi connectivity index (χ1v) is 50.3. The normalized spacial score (nSPS) is 18.9. The van der Waals surface area contributed by atoms with E-state index in [1.807, 2.05) is 159 Å². The molecular formula is C94H169FN18O14S2. The molecule has 9 saturated heterocycles. The Kier molecular flexibility index (Phi) is 58.3. The number of aliphatic carboxylic acids is 1. The lowest BCUT2D eigenvalue weighted by Crippen LogP contribution is -2.42. The molecule has 0 radical (unpaired) electrons. The molecule has 32 nitrogen and oxygen atoms in total. The van der Waals surface area contributed by atoms with Gasteiger partial charge in [-0.25, -0.2) is 45.5 Å². The quantitative estimate of drug-likeness (QED) is 0.134. The fraction of sp³-hybridized carbons (Fsp3) is 0.755. The Labute approximate surface area is 774 Å². The minimum Gasteiger partial charge on any atom is -0.480 e. The number of rotatable bonds is 7. The summed E-state index contributed by atoms with van der Waals surface area (Å²) >= 11 is 0. The lowest BCUT2D eigenvalue weighted by Gasteiger charge is -2.31. The number of hydrogen-bond donors (Lipinski definition) is 3. The summed E-state index contributed by atoms with van der Waals surface area (Å²) in [5, 5.41) is 27.5. The number of alkyl halides is 1. The number of aryl methyl sites for hydroxylation is 10. The van der Waals surface area contributed by atoms with Gasteiger partial charge in [-0.2, -0.15) is 10.2 Å². The Balaban J connectivity index is 0.000000473. The van der Waals surface area contributed by atoms with Crippen molar-refractivity contribution in [3.8, 4) is 0 Å². The number of carbonyl (C=O) groups is 5. The molecule has 6 aromatic heterocycles. The molecule has 6 aromatic rings. The van der Waals surface area contributed by atoms with Crippen molar-refractivity contribution in [1.82, 2.24) is 87.3 Å². The number of nitrogens with one attached hydrogen (secondary N) is 1. The zero-order valence-electron chi connectivity index (χ0n) is 83.1. The molecule has 0 spiro atoms. The summed E-state index contributed by atoms with van der Waals surface area (Å²) in [6, 6.07) is 3.89. The third-order valence-electron chi connectivity index (χ3n) is 23.7. The number of carboxylic acid groups (broad SMARTS) is 1. The largest absolute Gasteiger partial charge is 0.480 e. The maximum atomic E-state index is 12.8. The highest BCUT2D eigenvalue weighted by atomic mass is 32.2. The van der Waals surface area contributed by atoms with Gasteiger partial charge in [-0.05, 0) is 238 Å². The maximum absolute atomic E-state index is 12.8. The van der Waals surface area contributed by atoms with Crippen LogP contribution in [0.5, 0.6) is 0 Å². The van der Waals surface area contributed by atoms with Crippen molar-refractivity contribution in [3.05, 3.63) is 108 Å². The summed E-state index contributed by atoms with van der Waals surface area (Å²) in [4.78, 5) is 82.7. The third-order valence-corrected chi connectivity index (χ3v) is 26.7. The van der Waals surface area contributed by atoms with Gasteiger partial charge < -0.3 is 62.3 Å². The van der Waals surface area contributed by atoms with Gasteiger partial charge in [-0.15, -0.1) is 0 Å². The van der Waals surface area contributed by atoms with E-state index >= 15 is 0 Å². The molecule has 4 amide bonds. The van der Waals surface area contributed by atoms with E-state index in [2.05, 4.69) is 90.6 Å². The molecule has 15 heterocycles. The smallest absolute Gasteiger partial charge is 0.317 e. The molecule has 3 N–H and O–H groups in total. The number of sulfone groups is 1. The lowest BCUT2D eigenvalue weighted by molar-refractivity contribution is -0.139. The van der Waals surface area contributed by atoms with E-state index in [0.717, 1.165) is 207 Å². The zero-order valence-corrected chi connectivity index (χ0v) is 84.8. The number of ether oxygens (including phenoxy) is 2. The molecule has 129 heavy (non-hydrogen) atoms. The predicted molar refractivity (Wildman–Crippen MR) is 510 cm³/mol. The molecule has 35 heteroatoms. The van der Waals surface area contributed by atoms with Gasteiger partial charge in [-0.3, -0.25) is 38.7 Å². The van der Waals surface area contributed by atoms with Crippen molar-refractivity contribution >= 4 is 49.5 Å². The van der Waals surface area contributed by atoms with Gasteiger partial charge in [0.05, 0.1) is 66.8 Å². The summed E-state index contributed by atoms with van der Waals surface area (Å²) in [6.07, 6.45) is 35.9. The number of sulfonamides is 1. The second-order valence-electron chi connectivity index (χ2n) is 37.1. The summed E-state index contributed by atoms with van der Waals surface area (Å²) in [7, 11) is 6.18. The average molecular weight is 1860 g/mol. The Bertz CT molecular complexity index is 4030. The van der Waals surface area contributed by atoms with E-state index in [-0.39, 0.29) is 42.7 Å². The molecule has 9 aliphatic rings. The van der Waals surface area contributed by atoms with Crippen molar-refractivity contribution in [3.63, 3.8) is 0 Å². The topological polar surface area (TPSA) is 361 Å². The molecular weight excluding hydrogens is 1690 g/mol. The van der Waals surface area contributed by atoms with Crippen LogP contribution >= 0.6 is 0 Å². The highest BCUT2D eigenvalue weighted by Crippen LogP contribution is 2.25. The standard InChI is InChI=1S/C10H14N2O2.C10H20N2O.2C8H15NO2.C8H15NO.C7H15NO2S.C6H11FO.C6H10N2.C6H12O2S.C6H12O.3C5H8N2.C4H6N2/c1-8-2-5-12(6-3-8)10(13)9-11-4-7-14-9;1-9-4-6-12(7-5-9)10(13)8-11(2)3;1-7-2-4-9(5-3-7)8(11)6-10;1-7-2-4-9(5-3-7)6-8(10)11;1-7-3-5-9(6-4-7)8(2)10;1-7-3-5-8(6-4-7)11(2,9)10;1-6(7)2-4-8-5-3-6;1-5-4-8(3)6(2)7-5;1-6-2-4-9(7,8)5-3-6;1-6-2-4-7-5-3-6;1-5-3-7(2)4-6-5;1-5-3-6-4-7(5)2;1-5-3-4-7(2)6-5;1-4-2-3-5-6-4/h4,7-8H,2-3,5-6H2,1H3;9H,4-8H2,1-3H3;7,10H,2-6H2,1H3;7H,2-6H2,1H3,(H,10,11);7H,3-6H2,1-2H3;7H,3-6H2,1-2H3;2-5H2,1H3;4H,1-3H3;6H,2-5H2,1H3;6H,2-5H2,1H3;3*3-4H,1-2H3;2-3H,1H3,(H,5,6). The fourth-order valence-electron chi connectivity index (χ4n) is 13.9. The number of imidazole rings is 3. The van der Waals surface area contributed by atoms with Gasteiger partial charge >= 0.3 is 11.9 Å². The number of carboxylic acids is 1. The van der Waals surface area contributed by atoms with Crippen molar-refractivity contribution in [2.75, 3.05) is 157 Å². The molecule has 0 bridgehead atoms. The number of aliphatic hydroxyl groups is 1. The molecule has 0 aromatic carbocycles. The van der Waals surface area contributed by atoms with Crippen molar-refractivity contribution in [1.29, 1.82) is 0 Å². The van der Waals surface area contributed by atoms with E-state index in [4.69, 9.17) is 24.1 Å². The summed E-state index contributed by atoms with van der Waals surface area (Å²) in [5.74, 6) is 7.75. The maximum Gasteiger partial charge on any atom is 0.317 e. The van der Waals surface area contributed by atoms with Crippen LogP contribution in [0, 0.1) is 88.9 Å². The number of amides is 4. The van der Waals surface area contributed by atoms with E-state index in [1.165, 1.54) is 62.9 Å². The minimum absolute atomic E-state index is 0.0816. The number of oxazole rings is 1. The molecule has 15 rings (SSSR count). The van der Waals surface area contributed by atoms with Gasteiger partial charge in [0.15, 0.2) is 0 Å². The highest BCUT2D eigenvalue weighted by Gasteiger charge is 2.28. The third kappa shape index (κ3) is 56.6. The Hall–Kier alpha value is -7.80. The van der Waals surface area contributed by atoms with Crippen LogP contribution < -0.4 is 0 Å². The highest BCUT2D eigenvalue weighted by molar-refractivity contribution is 7.91.